The van der Waals surface area contributed by atoms with Gasteiger partial charge in [0, 0.05) is 18.8 Å². The molecule has 0 radical (unpaired) electrons. The zero-order valence-electron chi connectivity index (χ0n) is 11.3. The standard InChI is InChI=1S/C16H17N3/c1-11-9-12(2)16-14(10-11)18-15(19-16)4-3-13-5-7-17-8-6-13/h5-10H,3-4H2,1-2H3,(H,18,19). The quantitative estimate of drug-likeness (QED) is 0.775. The Morgan fingerprint density at radius 3 is 2.63 bits per heavy atom. The van der Waals surface area contributed by atoms with Gasteiger partial charge in [-0.25, -0.2) is 4.98 Å². The zero-order valence-corrected chi connectivity index (χ0v) is 11.3. The van der Waals surface area contributed by atoms with Gasteiger partial charge in [-0.05, 0) is 55.2 Å². The number of aromatic amines is 1. The summed E-state index contributed by atoms with van der Waals surface area (Å²) in [5.41, 5.74) is 6.04. The highest BCUT2D eigenvalue weighted by atomic mass is 14.9. The summed E-state index contributed by atoms with van der Waals surface area (Å²) < 4.78 is 0. The Labute approximate surface area is 112 Å². The first-order valence-electron chi connectivity index (χ1n) is 6.57. The Morgan fingerprint density at radius 1 is 1.05 bits per heavy atom. The summed E-state index contributed by atoms with van der Waals surface area (Å²) in [6.45, 7) is 4.23. The van der Waals surface area contributed by atoms with E-state index in [1.165, 1.54) is 16.7 Å². The molecule has 0 saturated heterocycles. The van der Waals surface area contributed by atoms with Crippen molar-refractivity contribution in [2.45, 2.75) is 26.7 Å². The molecule has 0 aliphatic carbocycles. The van der Waals surface area contributed by atoms with E-state index in [0.717, 1.165) is 29.7 Å². The van der Waals surface area contributed by atoms with Crippen LogP contribution in [0.4, 0.5) is 0 Å². The smallest absolute Gasteiger partial charge is 0.107 e. The number of imidazole rings is 1. The largest absolute Gasteiger partial charge is 0.342 e. The molecular weight excluding hydrogens is 234 g/mol. The lowest BCUT2D eigenvalue weighted by molar-refractivity contribution is 0.887. The van der Waals surface area contributed by atoms with Gasteiger partial charge >= 0.3 is 0 Å². The molecule has 19 heavy (non-hydrogen) atoms. The molecule has 0 unspecified atom stereocenters. The van der Waals surface area contributed by atoms with Crippen LogP contribution < -0.4 is 0 Å². The minimum Gasteiger partial charge on any atom is -0.342 e. The first-order valence-corrected chi connectivity index (χ1v) is 6.57. The summed E-state index contributed by atoms with van der Waals surface area (Å²) in [7, 11) is 0. The van der Waals surface area contributed by atoms with E-state index in [-0.39, 0.29) is 0 Å². The Kier molecular flexibility index (Phi) is 3.03. The molecule has 2 aromatic heterocycles. The van der Waals surface area contributed by atoms with Crippen molar-refractivity contribution in [2.24, 2.45) is 0 Å². The molecule has 1 aromatic carbocycles. The third-order valence-electron chi connectivity index (χ3n) is 3.37. The third kappa shape index (κ3) is 2.50. The maximum Gasteiger partial charge on any atom is 0.107 e. The van der Waals surface area contributed by atoms with Crippen molar-refractivity contribution in [1.29, 1.82) is 0 Å². The lowest BCUT2D eigenvalue weighted by Crippen LogP contribution is -1.93. The number of aromatic nitrogens is 3. The Hall–Kier alpha value is -2.16. The van der Waals surface area contributed by atoms with Gasteiger partial charge in [-0.3, -0.25) is 4.98 Å². The van der Waals surface area contributed by atoms with Gasteiger partial charge in [0.25, 0.3) is 0 Å². The highest BCUT2D eigenvalue weighted by Gasteiger charge is 2.06. The molecule has 96 valence electrons. The van der Waals surface area contributed by atoms with Gasteiger partial charge in [-0.2, -0.15) is 0 Å². The normalized spacial score (nSPS) is 11.1. The van der Waals surface area contributed by atoms with Crippen LogP contribution in [0.3, 0.4) is 0 Å². The van der Waals surface area contributed by atoms with Crippen LogP contribution in [0, 0.1) is 13.8 Å². The molecule has 0 saturated carbocycles. The van der Waals surface area contributed by atoms with E-state index in [1.807, 2.05) is 12.4 Å². The van der Waals surface area contributed by atoms with Crippen LogP contribution in [0.15, 0.2) is 36.7 Å². The maximum absolute atomic E-state index is 4.70. The van der Waals surface area contributed by atoms with Gasteiger partial charge in [0.05, 0.1) is 11.0 Å². The van der Waals surface area contributed by atoms with Crippen LogP contribution in [0.5, 0.6) is 0 Å². The number of nitrogens with one attached hydrogen (secondary N) is 1. The molecule has 0 fully saturated rings. The number of hydrogen-bond acceptors (Lipinski definition) is 2. The molecule has 3 heteroatoms. The number of fused-ring (bicyclic) bond motifs is 1. The second-order valence-corrected chi connectivity index (χ2v) is 5.02. The summed E-state index contributed by atoms with van der Waals surface area (Å²) in [5, 5.41) is 0. The number of nitrogens with zero attached hydrogens (tertiary/aromatic N) is 2. The van der Waals surface area contributed by atoms with Gasteiger partial charge in [-0.1, -0.05) is 6.07 Å². The van der Waals surface area contributed by atoms with Gasteiger partial charge in [0.1, 0.15) is 5.82 Å². The second-order valence-electron chi connectivity index (χ2n) is 5.02. The molecule has 0 aliphatic rings. The van der Waals surface area contributed by atoms with E-state index in [9.17, 15) is 0 Å². The molecule has 3 rings (SSSR count). The van der Waals surface area contributed by atoms with Crippen LogP contribution in [0.2, 0.25) is 0 Å². The predicted molar refractivity (Wildman–Crippen MR) is 77.2 cm³/mol. The van der Waals surface area contributed by atoms with Crippen molar-refractivity contribution in [1.82, 2.24) is 15.0 Å². The molecule has 2 heterocycles. The van der Waals surface area contributed by atoms with Crippen molar-refractivity contribution in [2.75, 3.05) is 0 Å². The van der Waals surface area contributed by atoms with E-state index in [4.69, 9.17) is 4.98 Å². The topological polar surface area (TPSA) is 41.6 Å². The first-order chi connectivity index (χ1) is 9.22. The fourth-order valence-electron chi connectivity index (χ4n) is 2.45. The summed E-state index contributed by atoms with van der Waals surface area (Å²) in [4.78, 5) is 12.2. The fourth-order valence-corrected chi connectivity index (χ4v) is 2.45. The monoisotopic (exact) mass is 251 g/mol. The summed E-state index contributed by atoms with van der Waals surface area (Å²) in [5.74, 6) is 1.06. The lowest BCUT2D eigenvalue weighted by Gasteiger charge is -1.97. The van der Waals surface area contributed by atoms with Crippen LogP contribution >= 0.6 is 0 Å². The average molecular weight is 251 g/mol. The van der Waals surface area contributed by atoms with Gasteiger partial charge < -0.3 is 4.98 Å². The van der Waals surface area contributed by atoms with Crippen LogP contribution in [-0.2, 0) is 12.8 Å². The zero-order chi connectivity index (χ0) is 13.2. The molecule has 3 aromatic rings. The van der Waals surface area contributed by atoms with Gasteiger partial charge in [0.15, 0.2) is 0 Å². The Balaban J connectivity index is 1.84. The van der Waals surface area contributed by atoms with Crippen LogP contribution in [-0.4, -0.2) is 15.0 Å². The fraction of sp³-hybridized carbons (Fsp3) is 0.250. The minimum atomic E-state index is 0.928. The average Bonchev–Trinajstić information content (AvgIpc) is 2.81. The van der Waals surface area contributed by atoms with Crippen molar-refractivity contribution < 1.29 is 0 Å². The SMILES string of the molecule is Cc1cc(C)c2nc(CCc3ccncc3)[nH]c2c1. The second kappa shape index (κ2) is 4.84. The number of benzene rings is 1. The maximum atomic E-state index is 4.70. The van der Waals surface area contributed by atoms with Crippen molar-refractivity contribution in [3.8, 4) is 0 Å². The van der Waals surface area contributed by atoms with Gasteiger partial charge in [0.2, 0.25) is 0 Å². The van der Waals surface area contributed by atoms with E-state index in [0.29, 0.717) is 0 Å². The lowest BCUT2D eigenvalue weighted by atomic mass is 10.1. The highest BCUT2D eigenvalue weighted by Crippen LogP contribution is 2.18. The molecular formula is C16H17N3. The molecule has 0 aliphatic heterocycles. The molecule has 1 N–H and O–H groups in total. The number of pyridine rings is 1. The van der Waals surface area contributed by atoms with E-state index in [1.54, 1.807) is 0 Å². The third-order valence-corrected chi connectivity index (χ3v) is 3.37. The first kappa shape index (κ1) is 11.9. The molecule has 0 spiro atoms. The van der Waals surface area contributed by atoms with E-state index >= 15 is 0 Å². The Bertz CT molecular complexity index is 699. The van der Waals surface area contributed by atoms with E-state index in [2.05, 4.69) is 48.1 Å². The van der Waals surface area contributed by atoms with Crippen molar-refractivity contribution >= 4 is 11.0 Å². The predicted octanol–water partition coefficient (Wildman–Crippen LogP) is 3.36. The summed E-state index contributed by atoms with van der Waals surface area (Å²) in [6.07, 6.45) is 5.58. The molecule has 0 bridgehead atoms. The van der Waals surface area contributed by atoms with Crippen molar-refractivity contribution in [3.63, 3.8) is 0 Å². The number of H-pyrrole nitrogens is 1. The van der Waals surface area contributed by atoms with Gasteiger partial charge in [-0.15, -0.1) is 0 Å². The van der Waals surface area contributed by atoms with Crippen LogP contribution in [0.1, 0.15) is 22.5 Å². The summed E-state index contributed by atoms with van der Waals surface area (Å²) >= 11 is 0. The van der Waals surface area contributed by atoms with E-state index < -0.39 is 0 Å². The minimum absolute atomic E-state index is 0.928. The number of hydrogen-bond donors (Lipinski definition) is 1. The Morgan fingerprint density at radius 2 is 1.84 bits per heavy atom. The number of aryl methyl sites for hydroxylation is 4. The molecule has 0 amide bonds. The number of rotatable bonds is 3. The molecule has 3 nitrogen and oxygen atoms in total. The van der Waals surface area contributed by atoms with Crippen molar-refractivity contribution in [3.05, 3.63) is 59.2 Å². The molecule has 0 atom stereocenters. The summed E-state index contributed by atoms with van der Waals surface area (Å²) in [6, 6.07) is 8.44. The highest BCUT2D eigenvalue weighted by molar-refractivity contribution is 5.79. The van der Waals surface area contributed by atoms with Crippen LogP contribution in [0.25, 0.3) is 11.0 Å².